The van der Waals surface area contributed by atoms with Gasteiger partial charge in [-0.25, -0.2) is 13.1 Å². The van der Waals surface area contributed by atoms with Gasteiger partial charge in [-0.1, -0.05) is 42.0 Å². The number of hydrogen-bond acceptors (Lipinski definition) is 4. The lowest BCUT2D eigenvalue weighted by molar-refractivity contribution is 0.0950. The minimum atomic E-state index is -3.69. The van der Waals surface area contributed by atoms with E-state index >= 15 is 0 Å². The first kappa shape index (κ1) is 19.3. The van der Waals surface area contributed by atoms with Crippen molar-refractivity contribution >= 4 is 27.3 Å². The summed E-state index contributed by atoms with van der Waals surface area (Å²) >= 11 is 1.48. The highest BCUT2D eigenvalue weighted by Gasteiger charge is 2.16. The molecule has 1 aromatic heterocycles. The van der Waals surface area contributed by atoms with Crippen LogP contribution >= 0.6 is 11.3 Å². The summed E-state index contributed by atoms with van der Waals surface area (Å²) in [5, 5.41) is 4.71. The van der Waals surface area contributed by atoms with Crippen LogP contribution in [0.5, 0.6) is 0 Å². The Morgan fingerprint density at radius 3 is 2.48 bits per heavy atom. The monoisotopic (exact) mass is 400 g/mol. The van der Waals surface area contributed by atoms with E-state index in [0.29, 0.717) is 12.1 Å². The van der Waals surface area contributed by atoms with Crippen LogP contribution in [0.3, 0.4) is 0 Å². The Morgan fingerprint density at radius 2 is 1.78 bits per heavy atom. The van der Waals surface area contributed by atoms with Gasteiger partial charge in [-0.15, -0.1) is 11.3 Å². The van der Waals surface area contributed by atoms with Crippen LogP contribution in [0.15, 0.2) is 70.9 Å². The second-order valence-corrected chi connectivity index (χ2v) is 8.90. The van der Waals surface area contributed by atoms with E-state index in [4.69, 9.17) is 0 Å². The third-order valence-corrected chi connectivity index (χ3v) is 6.27. The summed E-state index contributed by atoms with van der Waals surface area (Å²) < 4.78 is 27.5. The zero-order valence-electron chi connectivity index (χ0n) is 14.8. The van der Waals surface area contributed by atoms with E-state index in [1.165, 1.54) is 23.5 Å². The first-order valence-corrected chi connectivity index (χ1v) is 10.8. The summed E-state index contributed by atoms with van der Waals surface area (Å²) in [6.45, 7) is 2.61. The number of nitrogens with one attached hydrogen (secondary N) is 2. The molecular weight excluding hydrogens is 380 g/mol. The second-order valence-electron chi connectivity index (χ2n) is 6.10. The molecule has 0 fully saturated rings. The van der Waals surface area contributed by atoms with Crippen molar-refractivity contribution in [3.63, 3.8) is 0 Å². The number of benzene rings is 2. The van der Waals surface area contributed by atoms with Gasteiger partial charge in [0.25, 0.3) is 5.91 Å². The molecular formula is C20H20N2O3S2. The minimum Gasteiger partial charge on any atom is -0.348 e. The molecule has 140 valence electrons. The van der Waals surface area contributed by atoms with Crippen molar-refractivity contribution in [3.05, 3.63) is 87.6 Å². The van der Waals surface area contributed by atoms with E-state index in [0.717, 1.165) is 16.0 Å². The van der Waals surface area contributed by atoms with Crippen LogP contribution in [0.2, 0.25) is 0 Å². The molecule has 3 rings (SSSR count). The molecule has 0 atom stereocenters. The topological polar surface area (TPSA) is 75.3 Å². The number of rotatable bonds is 7. The highest BCUT2D eigenvalue weighted by atomic mass is 32.2. The molecule has 7 heteroatoms. The number of carbonyl (C=O) groups excluding carboxylic acids is 1. The Labute approximate surface area is 163 Å². The molecule has 0 bridgehead atoms. The third kappa shape index (κ3) is 5.26. The van der Waals surface area contributed by atoms with Crippen molar-refractivity contribution in [1.29, 1.82) is 0 Å². The van der Waals surface area contributed by atoms with Gasteiger partial charge < -0.3 is 5.32 Å². The van der Waals surface area contributed by atoms with E-state index in [1.807, 2.05) is 48.7 Å². The molecule has 0 spiro atoms. The molecule has 3 aromatic rings. The van der Waals surface area contributed by atoms with Crippen LogP contribution in [0.1, 0.15) is 26.4 Å². The van der Waals surface area contributed by atoms with Gasteiger partial charge in [-0.05, 0) is 42.1 Å². The van der Waals surface area contributed by atoms with Gasteiger partial charge in [-0.3, -0.25) is 4.79 Å². The molecule has 5 nitrogen and oxygen atoms in total. The van der Waals surface area contributed by atoms with Crippen LogP contribution in [-0.4, -0.2) is 14.3 Å². The lowest BCUT2D eigenvalue weighted by atomic mass is 10.1. The maximum absolute atomic E-state index is 12.5. The fraction of sp³-hybridized carbons (Fsp3) is 0.150. The highest BCUT2D eigenvalue weighted by Crippen LogP contribution is 2.14. The predicted octanol–water partition coefficient (Wildman–Crippen LogP) is 3.47. The fourth-order valence-electron chi connectivity index (χ4n) is 2.46. The van der Waals surface area contributed by atoms with Gasteiger partial charge in [-0.2, -0.15) is 0 Å². The molecule has 0 aliphatic rings. The molecule has 0 unspecified atom stereocenters. The Morgan fingerprint density at radius 1 is 1.00 bits per heavy atom. The summed E-state index contributed by atoms with van der Waals surface area (Å²) in [4.78, 5) is 13.4. The van der Waals surface area contributed by atoms with Gasteiger partial charge in [0, 0.05) is 23.5 Å². The number of thiophene rings is 1. The van der Waals surface area contributed by atoms with Crippen molar-refractivity contribution in [1.82, 2.24) is 10.0 Å². The molecule has 2 N–H and O–H groups in total. The van der Waals surface area contributed by atoms with Crippen molar-refractivity contribution in [2.75, 3.05) is 0 Å². The largest absolute Gasteiger partial charge is 0.348 e. The Balaban J connectivity index is 1.66. The third-order valence-electron chi connectivity index (χ3n) is 4.00. The van der Waals surface area contributed by atoms with E-state index in [1.54, 1.807) is 12.1 Å². The maximum atomic E-state index is 12.5. The van der Waals surface area contributed by atoms with Gasteiger partial charge >= 0.3 is 0 Å². The average Bonchev–Trinajstić information content (AvgIpc) is 3.20. The van der Waals surface area contributed by atoms with E-state index in [9.17, 15) is 13.2 Å². The number of hydrogen-bond donors (Lipinski definition) is 2. The maximum Gasteiger partial charge on any atom is 0.251 e. The zero-order chi connectivity index (χ0) is 19.3. The summed E-state index contributed by atoms with van der Waals surface area (Å²) in [5.74, 6) is -0.314. The molecule has 27 heavy (non-hydrogen) atoms. The lowest BCUT2D eigenvalue weighted by Crippen LogP contribution is -2.25. The van der Waals surface area contributed by atoms with Crippen LogP contribution in [0.4, 0.5) is 0 Å². The summed E-state index contributed by atoms with van der Waals surface area (Å²) in [5.41, 5.74) is 2.44. The van der Waals surface area contributed by atoms with Gasteiger partial charge in [0.2, 0.25) is 10.0 Å². The van der Waals surface area contributed by atoms with Crippen LogP contribution in [-0.2, 0) is 23.1 Å². The van der Waals surface area contributed by atoms with Crippen LogP contribution in [0, 0.1) is 6.92 Å². The zero-order valence-corrected chi connectivity index (χ0v) is 16.4. The first-order chi connectivity index (χ1) is 12.9. The van der Waals surface area contributed by atoms with Gasteiger partial charge in [0.15, 0.2) is 0 Å². The molecule has 0 radical (unpaired) electrons. The molecule has 1 heterocycles. The fourth-order valence-corrected chi connectivity index (χ4v) is 4.25. The number of amides is 1. The molecule has 0 saturated carbocycles. The summed E-state index contributed by atoms with van der Waals surface area (Å²) in [7, 11) is -3.69. The van der Waals surface area contributed by atoms with Crippen molar-refractivity contribution < 1.29 is 13.2 Å². The molecule has 0 saturated heterocycles. The predicted molar refractivity (Wildman–Crippen MR) is 107 cm³/mol. The Bertz CT molecular complexity index is 1010. The lowest BCUT2D eigenvalue weighted by Gasteiger charge is -2.09. The quantitative estimate of drug-likeness (QED) is 0.638. The van der Waals surface area contributed by atoms with Gasteiger partial charge in [0.1, 0.15) is 0 Å². The summed E-state index contributed by atoms with van der Waals surface area (Å²) in [6.07, 6.45) is 0. The number of sulfonamides is 1. The minimum absolute atomic E-state index is 0.0713. The SMILES string of the molecule is Cc1ccc(CNC(=O)c2cccc(S(=O)(=O)NCc3cccs3)c2)cc1. The Kier molecular flexibility index (Phi) is 6.05. The highest BCUT2D eigenvalue weighted by molar-refractivity contribution is 7.89. The molecule has 0 aliphatic carbocycles. The van der Waals surface area contributed by atoms with E-state index < -0.39 is 10.0 Å². The standard InChI is InChI=1S/C20H20N2O3S2/c1-15-7-9-16(10-8-15)13-21-20(23)17-4-2-6-19(12-17)27(24,25)22-14-18-5-3-11-26-18/h2-12,22H,13-14H2,1H3,(H,21,23). The second kappa shape index (κ2) is 8.47. The van der Waals surface area contributed by atoms with Crippen molar-refractivity contribution in [2.45, 2.75) is 24.9 Å². The molecule has 0 aliphatic heterocycles. The molecule has 2 aromatic carbocycles. The normalized spacial score (nSPS) is 11.3. The number of carbonyl (C=O) groups is 1. The number of aryl methyl sites for hydroxylation is 1. The Hall–Kier alpha value is -2.48. The first-order valence-electron chi connectivity index (χ1n) is 8.40. The van der Waals surface area contributed by atoms with Crippen LogP contribution < -0.4 is 10.0 Å². The van der Waals surface area contributed by atoms with E-state index in [-0.39, 0.29) is 17.3 Å². The average molecular weight is 401 g/mol. The summed E-state index contributed by atoms with van der Waals surface area (Å²) in [6, 6.07) is 17.6. The van der Waals surface area contributed by atoms with Crippen molar-refractivity contribution in [3.8, 4) is 0 Å². The van der Waals surface area contributed by atoms with Gasteiger partial charge in [0.05, 0.1) is 4.90 Å². The van der Waals surface area contributed by atoms with Crippen LogP contribution in [0.25, 0.3) is 0 Å². The molecule has 1 amide bonds. The van der Waals surface area contributed by atoms with E-state index in [2.05, 4.69) is 10.0 Å². The van der Waals surface area contributed by atoms with Crippen molar-refractivity contribution in [2.24, 2.45) is 0 Å². The smallest absolute Gasteiger partial charge is 0.251 e.